The zero-order chi connectivity index (χ0) is 35.8. The van der Waals surface area contributed by atoms with Crippen LogP contribution >= 0.6 is 0 Å². The van der Waals surface area contributed by atoms with E-state index < -0.39 is 0 Å². The molecule has 5 nitrogen and oxygen atoms in total. The van der Waals surface area contributed by atoms with Gasteiger partial charge < -0.3 is 21.3 Å². The molecule has 0 spiro atoms. The predicted octanol–water partition coefficient (Wildman–Crippen LogP) is 13.0. The van der Waals surface area contributed by atoms with E-state index in [1.807, 2.05) is 0 Å². The van der Waals surface area contributed by atoms with Crippen LogP contribution < -0.4 is 0 Å². The zero-order valence-electron chi connectivity index (χ0n) is 31.5. The van der Waals surface area contributed by atoms with Gasteiger partial charge in [0.15, 0.2) is 0 Å². The Morgan fingerprint density at radius 3 is 1.44 bits per heavy atom. The van der Waals surface area contributed by atoms with Crippen molar-refractivity contribution >= 4 is 27.2 Å². The number of rotatable bonds is 7. The molecule has 0 aliphatic carbocycles. The summed E-state index contributed by atoms with van der Waals surface area (Å²) in [6.07, 6.45) is 0. The van der Waals surface area contributed by atoms with Crippen LogP contribution in [0.1, 0.15) is 68.0 Å². The summed E-state index contributed by atoms with van der Waals surface area (Å²) in [5.41, 5.74) is 7.90. The minimum absolute atomic E-state index is 0. The molecule has 1 unspecified atom stereocenters. The number of aromatic nitrogens is 1. The van der Waals surface area contributed by atoms with Crippen molar-refractivity contribution in [3.8, 4) is 11.3 Å². The van der Waals surface area contributed by atoms with Crippen molar-refractivity contribution in [2.45, 2.75) is 45.6 Å². The Morgan fingerprint density at radius 2 is 0.880 bits per heavy atom. The van der Waals surface area contributed by atoms with Crippen LogP contribution in [0.3, 0.4) is 0 Å². The van der Waals surface area contributed by atoms with Gasteiger partial charge in [-0.25, -0.2) is 0 Å². The van der Waals surface area contributed by atoms with Gasteiger partial charge in [0.2, 0.25) is 0 Å². The number of nitrogens with zero attached hydrogens (tertiary/aromatic N) is 5. The Bertz CT molecular complexity index is 1830. The molecule has 0 saturated heterocycles. The maximum absolute atomic E-state index is 5.63. The molecule has 258 valence electrons. The minimum Gasteiger partial charge on any atom is -0.673 e. The summed E-state index contributed by atoms with van der Waals surface area (Å²) < 4.78 is 0. The van der Waals surface area contributed by atoms with E-state index in [-0.39, 0.29) is 31.9 Å². The third-order valence-electron chi connectivity index (χ3n) is 7.83. The van der Waals surface area contributed by atoms with Gasteiger partial charge in [0.05, 0.1) is 5.69 Å². The standard InChI is InChI=1S/C38H35N2.3C2H6N.Hf/c1-25(2)29-19-11-20-30(26(3)4)37(29)40-38(34-22-10-16-28-14-6-8-18-32(28)34)36-24-12-23-35(39-36)33-21-9-15-27-13-5-7-17-31(27)33;3*1-3-2;/h5-26,38H,1-4H3;3*1-2H3;/q4*-1;+4. The molecule has 6 aromatic rings. The van der Waals surface area contributed by atoms with E-state index in [1.54, 1.807) is 42.3 Å². The monoisotopic (exact) mass is 831 g/mol. The molecule has 6 rings (SSSR count). The van der Waals surface area contributed by atoms with Crippen LogP contribution in [0, 0.1) is 0 Å². The summed E-state index contributed by atoms with van der Waals surface area (Å²) in [7, 11) is 10.5. The first kappa shape index (κ1) is 42.5. The summed E-state index contributed by atoms with van der Waals surface area (Å²) in [5.74, 6) is 0.723. The van der Waals surface area contributed by atoms with E-state index in [2.05, 4.69) is 165 Å². The topological polar surface area (TPSA) is 69.3 Å². The Hall–Kier alpha value is -3.68. The van der Waals surface area contributed by atoms with Crippen molar-refractivity contribution in [1.82, 2.24) is 4.98 Å². The number of pyridine rings is 1. The molecule has 0 aliphatic rings. The number of para-hydroxylation sites is 1. The van der Waals surface area contributed by atoms with E-state index in [0.717, 1.165) is 22.6 Å². The minimum atomic E-state index is -0.251. The van der Waals surface area contributed by atoms with Crippen LogP contribution in [-0.4, -0.2) is 47.3 Å². The molecule has 0 N–H and O–H groups in total. The maximum atomic E-state index is 5.63. The second-order valence-corrected chi connectivity index (χ2v) is 12.5. The molecule has 6 heteroatoms. The summed E-state index contributed by atoms with van der Waals surface area (Å²) in [6.45, 7) is 9.02. The van der Waals surface area contributed by atoms with E-state index in [0.29, 0.717) is 11.8 Å². The third-order valence-corrected chi connectivity index (χ3v) is 7.83. The number of fused-ring (bicyclic) bond motifs is 2. The Morgan fingerprint density at radius 1 is 0.460 bits per heavy atom. The van der Waals surface area contributed by atoms with Gasteiger partial charge in [-0.1, -0.05) is 148 Å². The fourth-order valence-corrected chi connectivity index (χ4v) is 5.78. The van der Waals surface area contributed by atoms with Crippen LogP contribution in [-0.2, 0) is 25.8 Å². The number of hydrogen-bond acceptors (Lipinski definition) is 1. The SMILES string of the molecule is CC(C)c1cccc(C(C)C)c1[N-]C(c1cccc(-c2cccc3ccccc23)n1)c1cccc2ccccc12.C[N-]C.C[N-]C.C[N-]C.[Hf+4]. The van der Waals surface area contributed by atoms with Gasteiger partial charge >= 0.3 is 25.8 Å². The van der Waals surface area contributed by atoms with Crippen LogP contribution in [0.15, 0.2) is 121 Å². The molecule has 0 amide bonds. The molecule has 0 bridgehead atoms. The summed E-state index contributed by atoms with van der Waals surface area (Å²) in [4.78, 5) is 5.33. The Labute approximate surface area is 320 Å². The molecular weight excluding hydrogens is 777 g/mol. The number of benzene rings is 5. The van der Waals surface area contributed by atoms with Gasteiger partial charge in [0.1, 0.15) is 0 Å². The fourth-order valence-electron chi connectivity index (χ4n) is 5.78. The Balaban J connectivity index is 0.000000787. The van der Waals surface area contributed by atoms with Crippen LogP contribution in [0.4, 0.5) is 5.69 Å². The molecule has 1 atom stereocenters. The normalized spacial score (nSPS) is 11.0. The Kier molecular flexibility index (Phi) is 18.9. The largest absolute Gasteiger partial charge is 4.00 e. The van der Waals surface area contributed by atoms with E-state index in [4.69, 9.17) is 10.3 Å². The molecule has 0 fully saturated rings. The van der Waals surface area contributed by atoms with Crippen molar-refractivity contribution in [2.75, 3.05) is 42.3 Å². The molecule has 0 saturated carbocycles. The molecule has 50 heavy (non-hydrogen) atoms. The van der Waals surface area contributed by atoms with Gasteiger partial charge in [-0.2, -0.15) is 42.3 Å². The van der Waals surface area contributed by atoms with Gasteiger partial charge in [-0.3, -0.25) is 4.98 Å². The van der Waals surface area contributed by atoms with Crippen molar-refractivity contribution in [3.63, 3.8) is 0 Å². The summed E-state index contributed by atoms with van der Waals surface area (Å²) in [6, 6.07) is 42.9. The van der Waals surface area contributed by atoms with Crippen LogP contribution in [0.25, 0.3) is 54.1 Å². The molecule has 0 aliphatic heterocycles. The van der Waals surface area contributed by atoms with Gasteiger partial charge in [0.25, 0.3) is 0 Å². The fraction of sp³-hybridized carbons (Fsp3) is 0.295. The number of hydrogen-bond donors (Lipinski definition) is 0. The van der Waals surface area contributed by atoms with Crippen molar-refractivity contribution < 1.29 is 25.8 Å². The van der Waals surface area contributed by atoms with E-state index in [1.165, 1.54) is 38.2 Å². The summed E-state index contributed by atoms with van der Waals surface area (Å²) in [5, 5.41) is 21.0. The maximum Gasteiger partial charge on any atom is 4.00 e. The first-order valence-electron chi connectivity index (χ1n) is 17.0. The summed E-state index contributed by atoms with van der Waals surface area (Å²) >= 11 is 0. The average molecular weight is 830 g/mol. The zero-order valence-corrected chi connectivity index (χ0v) is 35.1. The third kappa shape index (κ3) is 11.2. The average Bonchev–Trinajstić information content (AvgIpc) is 3.11. The van der Waals surface area contributed by atoms with Gasteiger partial charge in [-0.05, 0) is 57.1 Å². The van der Waals surface area contributed by atoms with Crippen molar-refractivity contribution in [3.05, 3.63) is 165 Å². The van der Waals surface area contributed by atoms with Gasteiger partial charge in [-0.15, -0.1) is 5.69 Å². The van der Waals surface area contributed by atoms with E-state index >= 15 is 0 Å². The molecule has 1 heterocycles. The quantitative estimate of drug-likeness (QED) is 0.148. The first-order chi connectivity index (χ1) is 23.8. The second kappa shape index (κ2) is 22.2. The van der Waals surface area contributed by atoms with Crippen LogP contribution in [0.5, 0.6) is 0 Å². The van der Waals surface area contributed by atoms with Crippen LogP contribution in [0.2, 0.25) is 0 Å². The van der Waals surface area contributed by atoms with E-state index in [9.17, 15) is 0 Å². The molecule has 5 aromatic carbocycles. The molecular formula is C44H53HfN5. The smallest absolute Gasteiger partial charge is 0.673 e. The van der Waals surface area contributed by atoms with Crippen molar-refractivity contribution in [1.29, 1.82) is 0 Å². The second-order valence-electron chi connectivity index (χ2n) is 12.5. The van der Waals surface area contributed by atoms with Gasteiger partial charge in [0, 0.05) is 11.3 Å². The molecule has 0 radical (unpaired) electrons. The predicted molar refractivity (Wildman–Crippen MR) is 216 cm³/mol. The molecule has 1 aromatic heterocycles. The van der Waals surface area contributed by atoms with Crippen molar-refractivity contribution in [2.24, 2.45) is 0 Å². The first-order valence-corrected chi connectivity index (χ1v) is 17.0.